The lowest BCUT2D eigenvalue weighted by Crippen LogP contribution is -2.41. The van der Waals surface area contributed by atoms with Gasteiger partial charge in [0, 0.05) is 16.8 Å². The van der Waals surface area contributed by atoms with Crippen LogP contribution in [0.1, 0.15) is 12.5 Å². The van der Waals surface area contributed by atoms with Crippen LogP contribution in [0.25, 0.3) is 5.65 Å². The Hall–Kier alpha value is -3.20. The molecule has 144 valence electrons. The van der Waals surface area contributed by atoms with Crippen molar-refractivity contribution in [2.75, 3.05) is 6.54 Å². The minimum absolute atomic E-state index is 0.0346. The predicted molar refractivity (Wildman–Crippen MR) is 98.5 cm³/mol. The maximum Gasteiger partial charge on any atom is 0.350 e. The molecular formula is C18H15ClFN5O3. The number of nitrogens with zero attached hydrogens (tertiary/aromatic N) is 4. The molecule has 1 aromatic carbocycles. The summed E-state index contributed by atoms with van der Waals surface area (Å²) in [5, 5.41) is 6.81. The Bertz CT molecular complexity index is 1170. The minimum Gasteiger partial charge on any atom is -0.319 e. The number of benzene rings is 1. The Labute approximate surface area is 163 Å². The first-order valence-electron chi connectivity index (χ1n) is 8.45. The number of aromatic nitrogens is 3. The van der Waals surface area contributed by atoms with E-state index in [0.717, 1.165) is 11.0 Å². The van der Waals surface area contributed by atoms with Crippen LogP contribution < -0.4 is 11.0 Å². The molecule has 8 nitrogen and oxygen atoms in total. The van der Waals surface area contributed by atoms with Crippen molar-refractivity contribution in [3.05, 3.63) is 69.5 Å². The zero-order chi connectivity index (χ0) is 20.1. The monoisotopic (exact) mass is 403 g/mol. The van der Waals surface area contributed by atoms with Gasteiger partial charge in [0.1, 0.15) is 11.4 Å². The molecular weight excluding hydrogens is 389 g/mol. The van der Waals surface area contributed by atoms with E-state index in [4.69, 9.17) is 11.6 Å². The van der Waals surface area contributed by atoms with Crippen LogP contribution >= 0.6 is 11.6 Å². The molecule has 1 fully saturated rings. The van der Waals surface area contributed by atoms with Gasteiger partial charge in [-0.05, 0) is 31.2 Å². The van der Waals surface area contributed by atoms with Crippen molar-refractivity contribution in [2.24, 2.45) is 0 Å². The molecule has 0 aliphatic carbocycles. The SMILES string of the molecule is CC1(c2ccc(F)cc2Cl)NC(=O)N(CCn2nc3ccccn3c2=O)C1=O. The van der Waals surface area contributed by atoms with Gasteiger partial charge >= 0.3 is 11.7 Å². The van der Waals surface area contributed by atoms with Crippen LogP contribution in [0, 0.1) is 5.82 Å². The third-order valence-electron chi connectivity index (χ3n) is 4.77. The Kier molecular flexibility index (Phi) is 4.19. The number of hydrogen-bond donors (Lipinski definition) is 1. The summed E-state index contributed by atoms with van der Waals surface area (Å²) in [6.07, 6.45) is 1.59. The van der Waals surface area contributed by atoms with Gasteiger partial charge in [0.15, 0.2) is 5.65 Å². The van der Waals surface area contributed by atoms with E-state index in [1.54, 1.807) is 24.4 Å². The molecule has 0 saturated carbocycles. The lowest BCUT2D eigenvalue weighted by Gasteiger charge is -2.23. The van der Waals surface area contributed by atoms with Gasteiger partial charge in [-0.3, -0.25) is 14.1 Å². The number of carbonyl (C=O) groups is 2. The van der Waals surface area contributed by atoms with E-state index in [0.29, 0.717) is 11.2 Å². The van der Waals surface area contributed by atoms with Crippen LogP contribution in [-0.2, 0) is 16.9 Å². The van der Waals surface area contributed by atoms with Crippen LogP contribution in [0.4, 0.5) is 9.18 Å². The number of hydrogen-bond acceptors (Lipinski definition) is 4. The minimum atomic E-state index is -1.42. The maximum atomic E-state index is 13.3. The normalized spacial score (nSPS) is 19.5. The molecule has 10 heteroatoms. The second kappa shape index (κ2) is 6.45. The highest BCUT2D eigenvalue weighted by atomic mass is 35.5. The Morgan fingerprint density at radius 1 is 1.18 bits per heavy atom. The lowest BCUT2D eigenvalue weighted by molar-refractivity contribution is -0.131. The Morgan fingerprint density at radius 3 is 2.68 bits per heavy atom. The molecule has 28 heavy (non-hydrogen) atoms. The number of urea groups is 1. The highest BCUT2D eigenvalue weighted by Crippen LogP contribution is 2.33. The summed E-state index contributed by atoms with van der Waals surface area (Å²) in [4.78, 5) is 38.6. The van der Waals surface area contributed by atoms with Crippen LogP contribution in [-0.4, -0.2) is 37.6 Å². The quantitative estimate of drug-likeness (QED) is 0.672. The van der Waals surface area contributed by atoms with Gasteiger partial charge in [-0.1, -0.05) is 23.7 Å². The average molecular weight is 404 g/mol. The van der Waals surface area contributed by atoms with Gasteiger partial charge in [-0.25, -0.2) is 18.7 Å². The zero-order valence-corrected chi connectivity index (χ0v) is 15.5. The summed E-state index contributed by atoms with van der Waals surface area (Å²) < 4.78 is 15.9. The molecule has 1 unspecified atom stereocenters. The largest absolute Gasteiger partial charge is 0.350 e. The molecule has 3 aromatic rings. The highest BCUT2D eigenvalue weighted by Gasteiger charge is 2.49. The highest BCUT2D eigenvalue weighted by molar-refractivity contribution is 6.32. The van der Waals surface area contributed by atoms with Crippen molar-refractivity contribution in [3.63, 3.8) is 0 Å². The second-order valence-corrected chi connectivity index (χ2v) is 6.98. The van der Waals surface area contributed by atoms with Gasteiger partial charge in [-0.2, -0.15) is 0 Å². The van der Waals surface area contributed by atoms with Gasteiger partial charge in [0.2, 0.25) is 0 Å². The third kappa shape index (κ3) is 2.75. The molecule has 0 spiro atoms. The number of imide groups is 1. The first-order chi connectivity index (χ1) is 13.3. The lowest BCUT2D eigenvalue weighted by atomic mass is 9.92. The topological polar surface area (TPSA) is 88.7 Å². The third-order valence-corrected chi connectivity index (χ3v) is 5.08. The number of fused-ring (bicyclic) bond motifs is 1. The summed E-state index contributed by atoms with van der Waals surface area (Å²) in [6.45, 7) is 1.49. The van der Waals surface area contributed by atoms with E-state index >= 15 is 0 Å². The smallest absolute Gasteiger partial charge is 0.319 e. The first-order valence-corrected chi connectivity index (χ1v) is 8.83. The van der Waals surface area contributed by atoms with E-state index < -0.39 is 23.3 Å². The molecule has 4 rings (SSSR count). The first kappa shape index (κ1) is 18.2. The number of nitrogens with one attached hydrogen (secondary N) is 1. The van der Waals surface area contributed by atoms with E-state index in [1.807, 2.05) is 0 Å². The zero-order valence-electron chi connectivity index (χ0n) is 14.7. The molecule has 2 aromatic heterocycles. The molecule has 0 radical (unpaired) electrons. The van der Waals surface area contributed by atoms with Gasteiger partial charge < -0.3 is 5.32 Å². The summed E-state index contributed by atoms with van der Waals surface area (Å²) in [5.74, 6) is -1.08. The Morgan fingerprint density at radius 2 is 1.96 bits per heavy atom. The van der Waals surface area contributed by atoms with Crippen molar-refractivity contribution in [1.29, 1.82) is 0 Å². The molecule has 1 atom stereocenters. The number of amides is 3. The number of rotatable bonds is 4. The van der Waals surface area contributed by atoms with Gasteiger partial charge in [-0.15, -0.1) is 5.10 Å². The standard InChI is InChI=1S/C18H15ClFN5O3/c1-18(12-6-5-11(20)10-13(12)19)15(26)24(16(27)21-18)8-9-25-17(28)23-7-3-2-4-14(23)22-25/h2-7,10H,8-9H2,1H3,(H,21,27). The molecule has 3 amide bonds. The van der Waals surface area contributed by atoms with E-state index in [-0.39, 0.29) is 23.8 Å². The second-order valence-electron chi connectivity index (χ2n) is 6.57. The molecule has 3 heterocycles. The number of halogens is 2. The summed E-state index contributed by atoms with van der Waals surface area (Å²) in [5.41, 5.74) is -1.04. The van der Waals surface area contributed by atoms with Crippen molar-refractivity contribution < 1.29 is 14.0 Å². The van der Waals surface area contributed by atoms with Crippen LogP contribution in [0.5, 0.6) is 0 Å². The van der Waals surface area contributed by atoms with E-state index in [2.05, 4.69) is 10.4 Å². The van der Waals surface area contributed by atoms with Crippen molar-refractivity contribution in [2.45, 2.75) is 19.0 Å². The van der Waals surface area contributed by atoms with E-state index in [9.17, 15) is 18.8 Å². The van der Waals surface area contributed by atoms with Gasteiger partial charge in [0.25, 0.3) is 5.91 Å². The van der Waals surface area contributed by atoms with Gasteiger partial charge in [0.05, 0.1) is 13.1 Å². The van der Waals surface area contributed by atoms with Crippen LogP contribution in [0.2, 0.25) is 5.02 Å². The van der Waals surface area contributed by atoms with Crippen molar-refractivity contribution in [3.8, 4) is 0 Å². The van der Waals surface area contributed by atoms with E-state index in [1.165, 1.54) is 28.1 Å². The summed E-state index contributed by atoms with van der Waals surface area (Å²) in [7, 11) is 0. The number of carbonyl (C=O) groups excluding carboxylic acids is 2. The van der Waals surface area contributed by atoms with Crippen LogP contribution in [0.3, 0.4) is 0 Å². The Balaban J connectivity index is 1.59. The molecule has 1 aliphatic heterocycles. The molecule has 1 saturated heterocycles. The predicted octanol–water partition coefficient (Wildman–Crippen LogP) is 1.76. The fraction of sp³-hybridized carbons (Fsp3) is 0.222. The fourth-order valence-electron chi connectivity index (χ4n) is 3.29. The maximum absolute atomic E-state index is 13.3. The average Bonchev–Trinajstić information content (AvgIpc) is 3.08. The molecule has 0 bridgehead atoms. The van der Waals surface area contributed by atoms with Crippen molar-refractivity contribution in [1.82, 2.24) is 24.4 Å². The summed E-state index contributed by atoms with van der Waals surface area (Å²) >= 11 is 6.08. The van der Waals surface area contributed by atoms with Crippen molar-refractivity contribution >= 4 is 29.2 Å². The molecule has 1 aliphatic rings. The molecule has 1 N–H and O–H groups in total. The van der Waals surface area contributed by atoms with Crippen LogP contribution in [0.15, 0.2) is 47.4 Å². The number of pyridine rings is 1. The fourth-order valence-corrected chi connectivity index (χ4v) is 3.64. The summed E-state index contributed by atoms with van der Waals surface area (Å²) in [6, 6.07) is 8.14.